The molecule has 0 aliphatic carbocycles. The predicted molar refractivity (Wildman–Crippen MR) is 65.0 cm³/mol. The summed E-state index contributed by atoms with van der Waals surface area (Å²) >= 11 is 0. The van der Waals surface area contributed by atoms with Gasteiger partial charge in [-0.3, -0.25) is 9.59 Å². The van der Waals surface area contributed by atoms with E-state index < -0.39 is 25.2 Å². The number of carbonyl (C=O) groups excluding carboxylic acids is 2. The molecule has 0 aromatic rings. The number of alkyl halides is 3. The number of halogens is 4. The Labute approximate surface area is 115 Å². The van der Waals surface area contributed by atoms with Crippen molar-refractivity contribution in [2.75, 3.05) is 19.6 Å². The first-order chi connectivity index (χ1) is 8.38. The lowest BCUT2D eigenvalue weighted by Crippen LogP contribution is -2.49. The van der Waals surface area contributed by atoms with E-state index in [1.54, 1.807) is 5.32 Å². The summed E-state index contributed by atoms with van der Waals surface area (Å²) in [5.41, 5.74) is 0. The zero-order chi connectivity index (χ0) is 13.6. The second-order valence-electron chi connectivity index (χ2n) is 4.11. The van der Waals surface area contributed by atoms with Crippen LogP contribution < -0.4 is 16.0 Å². The zero-order valence-corrected chi connectivity index (χ0v) is 11.0. The van der Waals surface area contributed by atoms with Crippen molar-refractivity contribution in [3.8, 4) is 0 Å². The number of amides is 2. The molecule has 1 heterocycles. The molecule has 1 rings (SSSR count). The third kappa shape index (κ3) is 7.89. The Kier molecular flexibility index (Phi) is 7.77. The number of carbonyl (C=O) groups is 2. The summed E-state index contributed by atoms with van der Waals surface area (Å²) in [4.78, 5) is 22.6. The molecule has 2 amide bonds. The summed E-state index contributed by atoms with van der Waals surface area (Å²) in [5, 5.41) is 6.96. The molecule has 0 aromatic heterocycles. The second kappa shape index (κ2) is 8.21. The minimum absolute atomic E-state index is 0. The van der Waals surface area contributed by atoms with Gasteiger partial charge in [-0.15, -0.1) is 12.4 Å². The molecule has 3 N–H and O–H groups in total. The topological polar surface area (TPSA) is 70.2 Å². The van der Waals surface area contributed by atoms with Crippen LogP contribution >= 0.6 is 12.4 Å². The minimum Gasteiger partial charge on any atom is -0.346 e. The van der Waals surface area contributed by atoms with Crippen molar-refractivity contribution in [3.05, 3.63) is 0 Å². The van der Waals surface area contributed by atoms with Gasteiger partial charge in [-0.2, -0.15) is 13.2 Å². The van der Waals surface area contributed by atoms with E-state index in [1.165, 1.54) is 0 Å². The van der Waals surface area contributed by atoms with E-state index in [0.29, 0.717) is 6.42 Å². The summed E-state index contributed by atoms with van der Waals surface area (Å²) in [6, 6.07) is -0.353. The fraction of sp³-hybridized carbons (Fsp3) is 0.800. The predicted octanol–water partition coefficient (Wildman–Crippen LogP) is 0.345. The molecule has 1 aliphatic heterocycles. The van der Waals surface area contributed by atoms with Gasteiger partial charge in [0.15, 0.2) is 0 Å². The van der Waals surface area contributed by atoms with E-state index in [0.717, 1.165) is 19.4 Å². The first kappa shape index (κ1) is 18.0. The van der Waals surface area contributed by atoms with Crippen LogP contribution in [0.1, 0.15) is 19.3 Å². The van der Waals surface area contributed by atoms with Gasteiger partial charge in [0.2, 0.25) is 11.8 Å². The van der Waals surface area contributed by atoms with Gasteiger partial charge in [0.25, 0.3) is 0 Å². The fourth-order valence-electron chi connectivity index (χ4n) is 1.63. The highest BCUT2D eigenvalue weighted by molar-refractivity contribution is 5.87. The molecule has 112 valence electrons. The molecule has 0 radical (unpaired) electrons. The van der Waals surface area contributed by atoms with Gasteiger partial charge < -0.3 is 16.0 Å². The molecule has 0 bridgehead atoms. The third-order valence-corrected chi connectivity index (χ3v) is 2.54. The first-order valence-corrected chi connectivity index (χ1v) is 5.73. The largest absolute Gasteiger partial charge is 0.405 e. The maximum atomic E-state index is 11.8. The Morgan fingerprint density at radius 3 is 2.42 bits per heavy atom. The number of rotatable bonds is 4. The van der Waals surface area contributed by atoms with Crippen LogP contribution in [0.3, 0.4) is 0 Å². The van der Waals surface area contributed by atoms with Crippen molar-refractivity contribution in [2.45, 2.75) is 31.5 Å². The first-order valence-electron chi connectivity index (χ1n) is 5.73. The van der Waals surface area contributed by atoms with Crippen molar-refractivity contribution in [3.63, 3.8) is 0 Å². The highest BCUT2D eigenvalue weighted by Gasteiger charge is 2.28. The standard InChI is InChI=1S/C10H16F3N3O2.ClH/c11-10(12,13)6-16-8(17)5-15-9(18)7-3-1-2-4-14-7;/h7,14H,1-6H2,(H,15,18)(H,16,17);1H. The average Bonchev–Trinajstić information content (AvgIpc) is 2.33. The Hall–Kier alpha value is -1.02. The van der Waals surface area contributed by atoms with Gasteiger partial charge in [0, 0.05) is 0 Å². The smallest absolute Gasteiger partial charge is 0.346 e. The van der Waals surface area contributed by atoms with E-state index in [2.05, 4.69) is 10.6 Å². The highest BCUT2D eigenvalue weighted by atomic mass is 35.5. The quantitative estimate of drug-likeness (QED) is 0.702. The SMILES string of the molecule is Cl.O=C(CNC(=O)C1CCCCN1)NCC(F)(F)F. The molecule has 0 saturated carbocycles. The molecule has 9 heteroatoms. The van der Waals surface area contributed by atoms with Crippen LogP contribution in [0.2, 0.25) is 0 Å². The highest BCUT2D eigenvalue weighted by Crippen LogP contribution is 2.11. The van der Waals surface area contributed by atoms with Crippen molar-refractivity contribution in [2.24, 2.45) is 0 Å². The molecule has 1 fully saturated rings. The Bertz CT molecular complexity index is 307. The van der Waals surface area contributed by atoms with Crippen LogP contribution in [0, 0.1) is 0 Å². The van der Waals surface area contributed by atoms with E-state index in [-0.39, 0.29) is 24.4 Å². The van der Waals surface area contributed by atoms with Crippen LogP contribution in [0.25, 0.3) is 0 Å². The summed E-state index contributed by atoms with van der Waals surface area (Å²) in [6.07, 6.45) is -1.85. The van der Waals surface area contributed by atoms with Gasteiger partial charge in [-0.1, -0.05) is 6.42 Å². The Morgan fingerprint density at radius 1 is 1.21 bits per heavy atom. The maximum Gasteiger partial charge on any atom is 0.405 e. The summed E-state index contributed by atoms with van der Waals surface area (Å²) in [7, 11) is 0. The van der Waals surface area contributed by atoms with Crippen LogP contribution in [-0.2, 0) is 9.59 Å². The van der Waals surface area contributed by atoms with Crippen molar-refractivity contribution in [1.29, 1.82) is 0 Å². The Morgan fingerprint density at radius 2 is 1.89 bits per heavy atom. The molecule has 0 aromatic carbocycles. The zero-order valence-electron chi connectivity index (χ0n) is 10.2. The molecule has 0 spiro atoms. The molecule has 1 unspecified atom stereocenters. The fourth-order valence-corrected chi connectivity index (χ4v) is 1.63. The molecule has 5 nitrogen and oxygen atoms in total. The second-order valence-corrected chi connectivity index (χ2v) is 4.11. The molecule has 1 aliphatic rings. The lowest BCUT2D eigenvalue weighted by molar-refractivity contribution is -0.138. The van der Waals surface area contributed by atoms with E-state index in [4.69, 9.17) is 0 Å². The Balaban J connectivity index is 0.00000324. The number of hydrogen-bond donors (Lipinski definition) is 3. The monoisotopic (exact) mass is 303 g/mol. The number of piperidine rings is 1. The summed E-state index contributed by atoms with van der Waals surface area (Å²) < 4.78 is 35.4. The third-order valence-electron chi connectivity index (χ3n) is 2.54. The normalized spacial score (nSPS) is 19.2. The van der Waals surface area contributed by atoms with Crippen LogP contribution in [0.4, 0.5) is 13.2 Å². The van der Waals surface area contributed by atoms with E-state index in [1.807, 2.05) is 0 Å². The number of hydrogen-bond acceptors (Lipinski definition) is 3. The van der Waals surface area contributed by atoms with Crippen molar-refractivity contribution < 1.29 is 22.8 Å². The maximum absolute atomic E-state index is 11.8. The van der Waals surface area contributed by atoms with Gasteiger partial charge in [-0.25, -0.2) is 0 Å². The molecular formula is C10H17ClF3N3O2. The van der Waals surface area contributed by atoms with Gasteiger partial charge >= 0.3 is 6.18 Å². The van der Waals surface area contributed by atoms with Crippen LogP contribution in [-0.4, -0.2) is 43.7 Å². The van der Waals surface area contributed by atoms with Gasteiger partial charge in [0.1, 0.15) is 6.54 Å². The molecule has 1 saturated heterocycles. The van der Waals surface area contributed by atoms with Crippen molar-refractivity contribution in [1.82, 2.24) is 16.0 Å². The van der Waals surface area contributed by atoms with E-state index in [9.17, 15) is 22.8 Å². The molecule has 19 heavy (non-hydrogen) atoms. The number of nitrogens with one attached hydrogen (secondary N) is 3. The summed E-state index contributed by atoms with van der Waals surface area (Å²) in [5.74, 6) is -1.20. The van der Waals surface area contributed by atoms with Gasteiger partial charge in [0.05, 0.1) is 12.6 Å². The van der Waals surface area contributed by atoms with Gasteiger partial charge in [-0.05, 0) is 19.4 Å². The van der Waals surface area contributed by atoms with E-state index >= 15 is 0 Å². The van der Waals surface area contributed by atoms with Crippen molar-refractivity contribution >= 4 is 24.2 Å². The average molecular weight is 304 g/mol. The molecule has 1 atom stereocenters. The van der Waals surface area contributed by atoms with Crippen LogP contribution in [0.15, 0.2) is 0 Å². The molecular weight excluding hydrogens is 287 g/mol. The lowest BCUT2D eigenvalue weighted by atomic mass is 10.0. The summed E-state index contributed by atoms with van der Waals surface area (Å²) in [6.45, 7) is -1.09. The lowest BCUT2D eigenvalue weighted by Gasteiger charge is -2.22. The minimum atomic E-state index is -4.44. The van der Waals surface area contributed by atoms with Crippen LogP contribution in [0.5, 0.6) is 0 Å².